The summed E-state index contributed by atoms with van der Waals surface area (Å²) in [5.74, 6) is -4.41. The number of carbonyl (C=O) groups excluding carboxylic acids is 3. The van der Waals surface area contributed by atoms with Gasteiger partial charge in [-0.05, 0) is 23.8 Å². The first kappa shape index (κ1) is 24.9. The van der Waals surface area contributed by atoms with Crippen LogP contribution in [-0.2, 0) is 25.7 Å². The highest BCUT2D eigenvalue weighted by Gasteiger charge is 2.37. The van der Waals surface area contributed by atoms with E-state index in [9.17, 15) is 24.5 Å². The van der Waals surface area contributed by atoms with Crippen LogP contribution in [-0.4, -0.2) is 37.0 Å². The molecule has 0 aliphatic carbocycles. The minimum atomic E-state index is -1.75. The topological polar surface area (TPSA) is 134 Å². The molecule has 0 aliphatic heterocycles. The molecule has 10 heteroatoms. The van der Waals surface area contributed by atoms with Gasteiger partial charge in [-0.1, -0.05) is 48.5 Å². The number of esters is 2. The van der Waals surface area contributed by atoms with Crippen molar-refractivity contribution in [1.29, 1.82) is 0 Å². The number of benzene rings is 3. The van der Waals surface area contributed by atoms with Crippen LogP contribution in [0.5, 0.6) is 5.75 Å². The summed E-state index contributed by atoms with van der Waals surface area (Å²) in [6, 6.07) is 19.5. The molecular weight excluding hydrogens is 456 g/mol. The van der Waals surface area contributed by atoms with Crippen LogP contribution in [0.15, 0.2) is 72.8 Å². The molecule has 0 aromatic heterocycles. The van der Waals surface area contributed by atoms with Gasteiger partial charge in [-0.15, -0.1) is 0 Å². The molecule has 0 unspecified atom stereocenters. The van der Waals surface area contributed by atoms with Crippen molar-refractivity contribution in [3.05, 3.63) is 99.6 Å². The van der Waals surface area contributed by atoms with E-state index in [4.69, 9.17) is 4.74 Å². The molecule has 35 heavy (non-hydrogen) atoms. The molecule has 3 rings (SSSR count). The third-order valence-corrected chi connectivity index (χ3v) is 5.03. The zero-order chi connectivity index (χ0) is 25.4. The van der Waals surface area contributed by atoms with Crippen LogP contribution in [0.25, 0.3) is 0 Å². The number of nitrogens with one attached hydrogen (secondary N) is 1. The molecule has 0 saturated heterocycles. The second-order valence-electron chi connectivity index (χ2n) is 7.24. The van der Waals surface area contributed by atoms with E-state index in [0.717, 1.165) is 31.9 Å². The first-order chi connectivity index (χ1) is 16.8. The van der Waals surface area contributed by atoms with Crippen LogP contribution < -0.4 is 10.1 Å². The Kier molecular flexibility index (Phi) is 8.12. The zero-order valence-corrected chi connectivity index (χ0v) is 18.9. The van der Waals surface area contributed by atoms with Gasteiger partial charge in [0.2, 0.25) is 0 Å². The maximum Gasteiger partial charge on any atom is 0.324 e. The van der Waals surface area contributed by atoms with Gasteiger partial charge in [-0.25, -0.2) is 0 Å². The highest BCUT2D eigenvalue weighted by atomic mass is 16.6. The summed E-state index contributed by atoms with van der Waals surface area (Å²) in [7, 11) is 2.08. The molecule has 0 saturated carbocycles. The minimum absolute atomic E-state index is 0.0215. The minimum Gasteiger partial charge on any atom is -0.486 e. The first-order valence-corrected chi connectivity index (χ1v) is 10.4. The van der Waals surface area contributed by atoms with Crippen molar-refractivity contribution in [2.45, 2.75) is 12.5 Å². The number of carbonyl (C=O) groups is 3. The number of hydrogen-bond acceptors (Lipinski definition) is 8. The zero-order valence-electron chi connectivity index (χ0n) is 18.9. The Morgan fingerprint density at radius 1 is 0.914 bits per heavy atom. The number of nitrogens with zero attached hydrogens (tertiary/aromatic N) is 1. The molecular formula is C25H22N2O8. The number of anilines is 1. The average molecular weight is 478 g/mol. The molecule has 0 atom stereocenters. The van der Waals surface area contributed by atoms with E-state index in [1.165, 1.54) is 0 Å². The summed E-state index contributed by atoms with van der Waals surface area (Å²) in [6.45, 7) is 0.0446. The number of hydrogen-bond donors (Lipinski definition) is 1. The molecule has 3 aromatic rings. The van der Waals surface area contributed by atoms with Gasteiger partial charge in [0.05, 0.1) is 36.5 Å². The maximum atomic E-state index is 12.8. The molecule has 0 bridgehead atoms. The summed E-state index contributed by atoms with van der Waals surface area (Å²) in [5, 5.41) is 14.5. The van der Waals surface area contributed by atoms with Crippen molar-refractivity contribution >= 4 is 29.2 Å². The summed E-state index contributed by atoms with van der Waals surface area (Å²) >= 11 is 0. The standard InChI is InChI=1S/C25H22N2O8/c1-33-24(29)22(25(30)34-2)18-13-19(26-23(28)17-11-7-4-8-12-17)21(14-20(18)27(31)32)35-15-16-9-5-3-6-10-16/h3-14,22H,15H2,1-2H3,(H,26,28). The number of amides is 1. The Morgan fingerprint density at radius 3 is 2.03 bits per heavy atom. The van der Waals surface area contributed by atoms with Gasteiger partial charge in [-0.2, -0.15) is 0 Å². The van der Waals surface area contributed by atoms with Crippen LogP contribution in [0, 0.1) is 10.1 Å². The number of ether oxygens (including phenoxy) is 3. The van der Waals surface area contributed by atoms with Crippen LogP contribution >= 0.6 is 0 Å². The highest BCUT2D eigenvalue weighted by Crippen LogP contribution is 2.38. The lowest BCUT2D eigenvalue weighted by atomic mass is 9.96. The van der Waals surface area contributed by atoms with Gasteiger partial charge in [0.25, 0.3) is 11.6 Å². The number of rotatable bonds is 9. The van der Waals surface area contributed by atoms with Crippen LogP contribution in [0.4, 0.5) is 11.4 Å². The molecule has 3 aromatic carbocycles. The van der Waals surface area contributed by atoms with E-state index in [1.807, 2.05) is 6.07 Å². The molecule has 0 fully saturated rings. The van der Waals surface area contributed by atoms with E-state index < -0.39 is 34.4 Å². The lowest BCUT2D eigenvalue weighted by molar-refractivity contribution is -0.385. The Hall–Kier alpha value is -4.73. The monoisotopic (exact) mass is 478 g/mol. The largest absolute Gasteiger partial charge is 0.486 e. The van der Waals surface area contributed by atoms with Crippen molar-refractivity contribution in [3.8, 4) is 5.75 Å². The molecule has 1 N–H and O–H groups in total. The van der Waals surface area contributed by atoms with Crippen LogP contribution in [0.3, 0.4) is 0 Å². The van der Waals surface area contributed by atoms with Gasteiger partial charge in [0.1, 0.15) is 12.4 Å². The van der Waals surface area contributed by atoms with E-state index in [-0.39, 0.29) is 23.6 Å². The lowest BCUT2D eigenvalue weighted by Gasteiger charge is -2.18. The molecule has 180 valence electrons. The number of methoxy groups -OCH3 is 2. The van der Waals surface area contributed by atoms with Crippen LogP contribution in [0.1, 0.15) is 27.4 Å². The summed E-state index contributed by atoms with van der Waals surface area (Å²) < 4.78 is 15.1. The summed E-state index contributed by atoms with van der Waals surface area (Å²) in [4.78, 5) is 48.7. The third-order valence-electron chi connectivity index (χ3n) is 5.03. The molecule has 0 heterocycles. The van der Waals surface area contributed by atoms with Crippen molar-refractivity contribution in [2.75, 3.05) is 19.5 Å². The van der Waals surface area contributed by atoms with Crippen molar-refractivity contribution in [3.63, 3.8) is 0 Å². The predicted molar refractivity (Wildman–Crippen MR) is 125 cm³/mol. The quantitative estimate of drug-likeness (QED) is 0.212. The molecule has 0 radical (unpaired) electrons. The van der Waals surface area contributed by atoms with Gasteiger partial charge in [0.15, 0.2) is 5.92 Å². The Labute approximate surface area is 200 Å². The van der Waals surface area contributed by atoms with E-state index in [2.05, 4.69) is 14.8 Å². The Balaban J connectivity index is 2.12. The first-order valence-electron chi connectivity index (χ1n) is 10.4. The number of nitro groups is 1. The molecule has 10 nitrogen and oxygen atoms in total. The van der Waals surface area contributed by atoms with Gasteiger partial charge < -0.3 is 19.5 Å². The second-order valence-corrected chi connectivity index (χ2v) is 7.24. The maximum absolute atomic E-state index is 12.8. The van der Waals surface area contributed by atoms with E-state index in [1.54, 1.807) is 54.6 Å². The third kappa shape index (κ3) is 5.99. The SMILES string of the molecule is COC(=O)C(C(=O)OC)c1cc(NC(=O)c2ccccc2)c(OCc2ccccc2)cc1[N+](=O)[O-]. The second kappa shape index (κ2) is 11.4. The van der Waals surface area contributed by atoms with E-state index >= 15 is 0 Å². The lowest BCUT2D eigenvalue weighted by Crippen LogP contribution is -2.25. The number of nitro benzene ring substituents is 1. The fourth-order valence-electron chi connectivity index (χ4n) is 3.30. The van der Waals surface area contributed by atoms with Crippen molar-refractivity contribution in [2.24, 2.45) is 0 Å². The van der Waals surface area contributed by atoms with Gasteiger partial charge in [-0.3, -0.25) is 24.5 Å². The summed E-state index contributed by atoms with van der Waals surface area (Å²) in [6.07, 6.45) is 0. The molecule has 0 spiro atoms. The average Bonchev–Trinajstić information content (AvgIpc) is 2.88. The molecule has 0 aliphatic rings. The van der Waals surface area contributed by atoms with Crippen LogP contribution in [0.2, 0.25) is 0 Å². The smallest absolute Gasteiger partial charge is 0.324 e. The fraction of sp³-hybridized carbons (Fsp3) is 0.160. The van der Waals surface area contributed by atoms with E-state index in [0.29, 0.717) is 5.56 Å². The highest BCUT2D eigenvalue weighted by molar-refractivity contribution is 6.06. The summed E-state index contributed by atoms with van der Waals surface area (Å²) in [5.41, 5.74) is 0.226. The Bertz CT molecular complexity index is 1210. The fourth-order valence-corrected chi connectivity index (χ4v) is 3.30. The predicted octanol–water partition coefficient (Wildman–Crippen LogP) is 3.86. The van der Waals surface area contributed by atoms with Gasteiger partial charge >= 0.3 is 11.9 Å². The normalized spacial score (nSPS) is 10.4. The van der Waals surface area contributed by atoms with Crippen molar-refractivity contribution in [1.82, 2.24) is 0 Å². The molecule has 1 amide bonds. The Morgan fingerprint density at radius 2 is 1.49 bits per heavy atom. The van der Waals surface area contributed by atoms with Crippen molar-refractivity contribution < 1.29 is 33.5 Å². The van der Waals surface area contributed by atoms with Gasteiger partial charge in [0, 0.05) is 5.56 Å².